The van der Waals surface area contributed by atoms with E-state index >= 15 is 0 Å². The zero-order chi connectivity index (χ0) is 31.9. The number of aryl methyl sites for hydroxylation is 2. The molecule has 0 aliphatic rings. The molecule has 4 aromatic rings. The fourth-order valence-electron chi connectivity index (χ4n) is 4.94. The summed E-state index contributed by atoms with van der Waals surface area (Å²) in [5.74, 6) is -0.801. The molecule has 0 spiro atoms. The van der Waals surface area contributed by atoms with Gasteiger partial charge in [0.1, 0.15) is 12.6 Å². The molecule has 0 bridgehead atoms. The maximum Gasteiger partial charge on any atom is 0.264 e. The van der Waals surface area contributed by atoms with Gasteiger partial charge in [-0.2, -0.15) is 0 Å². The van der Waals surface area contributed by atoms with Gasteiger partial charge in [-0.3, -0.25) is 13.9 Å². The first kappa shape index (κ1) is 32.5. The van der Waals surface area contributed by atoms with Crippen molar-refractivity contribution in [3.05, 3.63) is 131 Å². The van der Waals surface area contributed by atoms with Gasteiger partial charge in [-0.15, -0.1) is 0 Å². The van der Waals surface area contributed by atoms with E-state index in [0.29, 0.717) is 5.69 Å². The number of nitrogens with zero attached hydrogens (tertiary/aromatic N) is 2. The Hall–Kier alpha value is -4.43. The van der Waals surface area contributed by atoms with Crippen LogP contribution in [0, 0.1) is 13.8 Å². The van der Waals surface area contributed by atoms with Crippen LogP contribution in [0.2, 0.25) is 0 Å². The lowest BCUT2D eigenvalue weighted by molar-refractivity contribution is -0.140. The van der Waals surface area contributed by atoms with Gasteiger partial charge in [-0.05, 0) is 75.6 Å². The molecule has 4 aromatic carbocycles. The van der Waals surface area contributed by atoms with Crippen molar-refractivity contribution >= 4 is 27.5 Å². The number of carbonyl (C=O) groups is 2. The van der Waals surface area contributed by atoms with Crippen LogP contribution < -0.4 is 9.62 Å². The number of hydrogen-bond donors (Lipinski definition) is 1. The van der Waals surface area contributed by atoms with E-state index in [9.17, 15) is 18.0 Å². The van der Waals surface area contributed by atoms with Crippen LogP contribution in [0.3, 0.4) is 0 Å². The van der Waals surface area contributed by atoms with E-state index in [1.54, 1.807) is 42.5 Å². The minimum absolute atomic E-state index is 0.0818. The maximum atomic E-state index is 14.5. The molecule has 1 atom stereocenters. The van der Waals surface area contributed by atoms with Crippen molar-refractivity contribution in [1.82, 2.24) is 10.2 Å². The third-order valence-corrected chi connectivity index (χ3v) is 8.93. The zero-order valence-electron chi connectivity index (χ0n) is 26.0. The van der Waals surface area contributed by atoms with Crippen LogP contribution in [0.5, 0.6) is 0 Å². The standard InChI is InChI=1S/C36H41N3O4S/c1-27-19-21-32(22-20-27)44(42,43)39(31-18-12-13-28(2)23-31)26-34(40)38(25-30-16-10-7-11-17-30)33(35(41)37-36(3,4)5)24-29-14-8-6-9-15-29/h6-23,33H,24-26H2,1-5H3,(H,37,41). The molecule has 230 valence electrons. The van der Waals surface area contributed by atoms with Crippen LogP contribution in [-0.2, 0) is 32.6 Å². The molecule has 0 saturated heterocycles. The Morgan fingerprint density at radius 1 is 0.750 bits per heavy atom. The van der Waals surface area contributed by atoms with Gasteiger partial charge in [0.2, 0.25) is 11.8 Å². The van der Waals surface area contributed by atoms with Gasteiger partial charge < -0.3 is 10.2 Å². The van der Waals surface area contributed by atoms with E-state index in [0.717, 1.165) is 26.6 Å². The van der Waals surface area contributed by atoms with Gasteiger partial charge in [-0.25, -0.2) is 8.42 Å². The lowest BCUT2D eigenvalue weighted by Gasteiger charge is -2.35. The maximum absolute atomic E-state index is 14.5. The van der Waals surface area contributed by atoms with Gasteiger partial charge in [0.25, 0.3) is 10.0 Å². The van der Waals surface area contributed by atoms with Gasteiger partial charge in [0.05, 0.1) is 10.6 Å². The van der Waals surface area contributed by atoms with Crippen molar-refractivity contribution in [1.29, 1.82) is 0 Å². The largest absolute Gasteiger partial charge is 0.350 e. The molecular weight excluding hydrogens is 570 g/mol. The first-order valence-electron chi connectivity index (χ1n) is 14.7. The number of anilines is 1. The number of amides is 2. The number of carbonyl (C=O) groups excluding carboxylic acids is 2. The number of sulfonamides is 1. The summed E-state index contributed by atoms with van der Waals surface area (Å²) in [5.41, 5.74) is 3.31. The third kappa shape index (κ3) is 8.57. The topological polar surface area (TPSA) is 86.8 Å². The smallest absolute Gasteiger partial charge is 0.264 e. The fourth-order valence-corrected chi connectivity index (χ4v) is 6.34. The minimum atomic E-state index is -4.14. The van der Waals surface area contributed by atoms with E-state index in [1.807, 2.05) is 101 Å². The average molecular weight is 612 g/mol. The third-order valence-electron chi connectivity index (χ3n) is 7.14. The monoisotopic (exact) mass is 611 g/mol. The summed E-state index contributed by atoms with van der Waals surface area (Å²) in [6.07, 6.45) is 0.260. The summed E-state index contributed by atoms with van der Waals surface area (Å²) in [6, 6.07) is 31.7. The first-order chi connectivity index (χ1) is 20.8. The molecule has 44 heavy (non-hydrogen) atoms. The molecule has 7 nitrogen and oxygen atoms in total. The quantitative estimate of drug-likeness (QED) is 0.224. The Labute approximate surface area is 261 Å². The molecule has 0 heterocycles. The lowest BCUT2D eigenvalue weighted by Crippen LogP contribution is -2.56. The van der Waals surface area contributed by atoms with Crippen LogP contribution in [0.4, 0.5) is 5.69 Å². The molecule has 0 aliphatic carbocycles. The molecule has 0 fully saturated rings. The second-order valence-corrected chi connectivity index (χ2v) is 14.0. The minimum Gasteiger partial charge on any atom is -0.350 e. The zero-order valence-corrected chi connectivity index (χ0v) is 26.8. The van der Waals surface area contributed by atoms with Crippen LogP contribution >= 0.6 is 0 Å². The molecule has 0 aliphatic heterocycles. The number of hydrogen-bond acceptors (Lipinski definition) is 4. The SMILES string of the molecule is Cc1ccc(S(=O)(=O)N(CC(=O)N(Cc2ccccc2)C(Cc2ccccc2)C(=O)NC(C)(C)C)c2cccc(C)c2)cc1. The van der Waals surface area contributed by atoms with Crippen molar-refractivity contribution in [2.24, 2.45) is 0 Å². The molecule has 0 radical (unpaired) electrons. The second kappa shape index (κ2) is 13.9. The highest BCUT2D eigenvalue weighted by molar-refractivity contribution is 7.92. The lowest BCUT2D eigenvalue weighted by atomic mass is 10.0. The Morgan fingerprint density at radius 3 is 1.91 bits per heavy atom. The Kier molecular flexibility index (Phi) is 10.3. The van der Waals surface area contributed by atoms with Crippen LogP contribution in [-0.4, -0.2) is 43.3 Å². The van der Waals surface area contributed by atoms with Crippen LogP contribution in [0.25, 0.3) is 0 Å². The summed E-state index contributed by atoms with van der Waals surface area (Å²) in [7, 11) is -4.14. The Balaban J connectivity index is 1.80. The molecule has 8 heteroatoms. The fraction of sp³-hybridized carbons (Fsp3) is 0.278. The second-order valence-electron chi connectivity index (χ2n) is 12.1. The number of rotatable bonds is 11. The molecular formula is C36H41N3O4S. The van der Waals surface area contributed by atoms with Gasteiger partial charge in [0.15, 0.2) is 0 Å². The summed E-state index contributed by atoms with van der Waals surface area (Å²) >= 11 is 0. The summed E-state index contributed by atoms with van der Waals surface area (Å²) in [6.45, 7) is 9.07. The van der Waals surface area contributed by atoms with Gasteiger partial charge in [0, 0.05) is 18.5 Å². The van der Waals surface area contributed by atoms with E-state index in [2.05, 4.69) is 5.32 Å². The average Bonchev–Trinajstić information content (AvgIpc) is 2.98. The highest BCUT2D eigenvalue weighted by Crippen LogP contribution is 2.26. The van der Waals surface area contributed by atoms with E-state index in [1.165, 1.54) is 4.90 Å². The van der Waals surface area contributed by atoms with E-state index < -0.39 is 34.1 Å². The van der Waals surface area contributed by atoms with E-state index in [4.69, 9.17) is 0 Å². The predicted molar refractivity (Wildman–Crippen MR) is 176 cm³/mol. The normalized spacial score (nSPS) is 12.3. The van der Waals surface area contributed by atoms with Gasteiger partial charge in [-0.1, -0.05) is 90.5 Å². The highest BCUT2D eigenvalue weighted by Gasteiger charge is 2.35. The molecule has 0 saturated carbocycles. The number of nitrogens with one attached hydrogen (secondary N) is 1. The highest BCUT2D eigenvalue weighted by atomic mass is 32.2. The van der Waals surface area contributed by atoms with E-state index in [-0.39, 0.29) is 23.8 Å². The van der Waals surface area contributed by atoms with Gasteiger partial charge >= 0.3 is 0 Å². The molecule has 2 amide bonds. The molecule has 0 aromatic heterocycles. The Morgan fingerprint density at radius 2 is 1.34 bits per heavy atom. The van der Waals surface area contributed by atoms with Crippen LogP contribution in [0.1, 0.15) is 43.0 Å². The summed E-state index contributed by atoms with van der Waals surface area (Å²) in [5, 5.41) is 3.05. The first-order valence-corrected chi connectivity index (χ1v) is 16.1. The van der Waals surface area contributed by atoms with Crippen molar-refractivity contribution in [3.8, 4) is 0 Å². The number of benzene rings is 4. The van der Waals surface area contributed by atoms with Crippen molar-refractivity contribution in [2.75, 3.05) is 10.8 Å². The van der Waals surface area contributed by atoms with Crippen molar-refractivity contribution in [3.63, 3.8) is 0 Å². The molecule has 1 unspecified atom stereocenters. The van der Waals surface area contributed by atoms with Crippen molar-refractivity contribution < 1.29 is 18.0 Å². The predicted octanol–water partition coefficient (Wildman–Crippen LogP) is 6.05. The molecule has 1 N–H and O–H groups in total. The molecule has 4 rings (SSSR count). The van der Waals surface area contributed by atoms with Crippen LogP contribution in [0.15, 0.2) is 114 Å². The summed E-state index contributed by atoms with van der Waals surface area (Å²) in [4.78, 5) is 30.0. The summed E-state index contributed by atoms with van der Waals surface area (Å²) < 4.78 is 29.4. The Bertz CT molecular complexity index is 1670. The van der Waals surface area contributed by atoms with Crippen molar-refractivity contribution in [2.45, 2.75) is 64.1 Å².